The number of hydrogen-bond acceptors (Lipinski definition) is 5. The summed E-state index contributed by atoms with van der Waals surface area (Å²) in [5, 5.41) is 19.2. The van der Waals surface area contributed by atoms with Crippen LogP contribution in [0.4, 0.5) is 0 Å². The van der Waals surface area contributed by atoms with Crippen LogP contribution in [-0.2, 0) is 6.54 Å². The quantitative estimate of drug-likeness (QED) is 0.793. The van der Waals surface area contributed by atoms with Gasteiger partial charge in [-0.25, -0.2) is 9.67 Å². The van der Waals surface area contributed by atoms with Gasteiger partial charge in [-0.15, -0.1) is 11.3 Å². The lowest BCUT2D eigenvalue weighted by atomic mass is 10.1. The fourth-order valence-corrected chi connectivity index (χ4v) is 3.39. The van der Waals surface area contributed by atoms with Crippen molar-refractivity contribution in [3.05, 3.63) is 45.9 Å². The smallest absolute Gasteiger partial charge is 0.253 e. The van der Waals surface area contributed by atoms with E-state index < -0.39 is 5.54 Å². The van der Waals surface area contributed by atoms with Crippen LogP contribution in [0, 0.1) is 18.3 Å². The molecule has 0 aliphatic heterocycles. The maximum atomic E-state index is 12.6. The molecule has 7 heteroatoms. The molecule has 6 nitrogen and oxygen atoms in total. The molecule has 1 aliphatic rings. The molecule has 3 heterocycles. The summed E-state index contributed by atoms with van der Waals surface area (Å²) in [5.74, 6) is -0.236. The molecule has 0 saturated heterocycles. The fraction of sp³-hybridized carbons (Fsp3) is 0.294. The van der Waals surface area contributed by atoms with Gasteiger partial charge in [-0.2, -0.15) is 10.4 Å². The van der Waals surface area contributed by atoms with Crippen molar-refractivity contribution >= 4 is 28.3 Å². The fourth-order valence-electron chi connectivity index (χ4n) is 2.70. The van der Waals surface area contributed by atoms with Crippen LogP contribution in [0.3, 0.4) is 0 Å². The number of amides is 1. The number of carbonyl (C=O) groups is 1. The zero-order chi connectivity index (χ0) is 16.7. The van der Waals surface area contributed by atoms with E-state index in [9.17, 15) is 10.1 Å². The summed E-state index contributed by atoms with van der Waals surface area (Å²) in [5.41, 5.74) is 1.28. The van der Waals surface area contributed by atoms with E-state index in [2.05, 4.69) is 21.5 Å². The standard InChI is InChI=1S/C17H15N5OS/c1-11-7-13(16(23)21-17(10-18)4-5-17)14-8-19-22(15(14)20-11)9-12-3-2-6-24-12/h2-3,6-8H,4-5,9H2,1H3,(H,21,23). The van der Waals surface area contributed by atoms with Crippen molar-refractivity contribution in [1.29, 1.82) is 5.26 Å². The molecule has 0 atom stereocenters. The Morgan fingerprint density at radius 1 is 1.54 bits per heavy atom. The summed E-state index contributed by atoms with van der Waals surface area (Å²) in [6, 6.07) is 7.98. The predicted molar refractivity (Wildman–Crippen MR) is 90.7 cm³/mol. The van der Waals surface area contributed by atoms with Gasteiger partial charge in [0.25, 0.3) is 5.91 Å². The largest absolute Gasteiger partial charge is 0.334 e. The SMILES string of the molecule is Cc1cc(C(=O)NC2(C#N)CC2)c2cnn(Cc3cccs3)c2n1. The number of rotatable bonds is 4. The van der Waals surface area contributed by atoms with Gasteiger partial charge in [0, 0.05) is 10.6 Å². The second-order valence-corrected chi connectivity index (χ2v) is 7.11. The number of aryl methyl sites for hydroxylation is 1. The first kappa shape index (κ1) is 14.8. The molecule has 1 N–H and O–H groups in total. The number of carbonyl (C=O) groups excluding carboxylic acids is 1. The van der Waals surface area contributed by atoms with E-state index in [1.807, 2.05) is 29.1 Å². The molecule has 3 aromatic rings. The Balaban J connectivity index is 1.72. The van der Waals surface area contributed by atoms with Crippen LogP contribution in [0.15, 0.2) is 29.8 Å². The lowest BCUT2D eigenvalue weighted by Gasteiger charge is -2.10. The number of thiophene rings is 1. The summed E-state index contributed by atoms with van der Waals surface area (Å²) in [6.07, 6.45) is 3.09. The minimum Gasteiger partial charge on any atom is -0.334 e. The van der Waals surface area contributed by atoms with Crippen molar-refractivity contribution in [3.63, 3.8) is 0 Å². The third-order valence-electron chi connectivity index (χ3n) is 4.18. The lowest BCUT2D eigenvalue weighted by molar-refractivity contribution is 0.0943. The number of nitrogens with zero attached hydrogens (tertiary/aromatic N) is 4. The van der Waals surface area contributed by atoms with Crippen LogP contribution in [0.2, 0.25) is 0 Å². The van der Waals surface area contributed by atoms with Crippen molar-refractivity contribution < 1.29 is 4.79 Å². The zero-order valence-electron chi connectivity index (χ0n) is 13.1. The molecule has 0 unspecified atom stereocenters. The molecule has 0 spiro atoms. The second kappa shape index (κ2) is 5.42. The summed E-state index contributed by atoms with van der Waals surface area (Å²) >= 11 is 1.66. The van der Waals surface area contributed by atoms with Gasteiger partial charge >= 0.3 is 0 Å². The Morgan fingerprint density at radius 2 is 2.38 bits per heavy atom. The molecule has 0 aromatic carbocycles. The topological polar surface area (TPSA) is 83.6 Å². The number of hydrogen-bond donors (Lipinski definition) is 1. The van der Waals surface area contributed by atoms with E-state index >= 15 is 0 Å². The highest BCUT2D eigenvalue weighted by atomic mass is 32.1. The summed E-state index contributed by atoms with van der Waals surface area (Å²) in [7, 11) is 0. The minimum absolute atomic E-state index is 0.236. The van der Waals surface area contributed by atoms with Crippen LogP contribution < -0.4 is 5.32 Å². The predicted octanol–water partition coefficient (Wildman–Crippen LogP) is 2.64. The highest BCUT2D eigenvalue weighted by Crippen LogP contribution is 2.35. The normalized spacial score (nSPS) is 15.2. The van der Waals surface area contributed by atoms with Crippen LogP contribution in [0.1, 0.15) is 33.8 Å². The Labute approximate surface area is 142 Å². The minimum atomic E-state index is -0.687. The van der Waals surface area contributed by atoms with Gasteiger partial charge in [-0.3, -0.25) is 4.79 Å². The first-order valence-electron chi connectivity index (χ1n) is 7.69. The maximum absolute atomic E-state index is 12.6. The van der Waals surface area contributed by atoms with Gasteiger partial charge in [0.1, 0.15) is 5.54 Å². The van der Waals surface area contributed by atoms with Crippen LogP contribution in [-0.4, -0.2) is 26.2 Å². The average molecular weight is 337 g/mol. The highest BCUT2D eigenvalue weighted by Gasteiger charge is 2.45. The van der Waals surface area contributed by atoms with Gasteiger partial charge in [0.15, 0.2) is 5.65 Å². The summed E-state index contributed by atoms with van der Waals surface area (Å²) < 4.78 is 1.81. The van der Waals surface area contributed by atoms with Gasteiger partial charge in [0.2, 0.25) is 0 Å². The molecule has 1 saturated carbocycles. The van der Waals surface area contributed by atoms with Crippen molar-refractivity contribution in [1.82, 2.24) is 20.1 Å². The lowest BCUT2D eigenvalue weighted by Crippen LogP contribution is -2.35. The Morgan fingerprint density at radius 3 is 3.04 bits per heavy atom. The van der Waals surface area contributed by atoms with Crippen molar-refractivity contribution in [2.45, 2.75) is 31.8 Å². The molecular weight excluding hydrogens is 322 g/mol. The van der Waals surface area contributed by atoms with E-state index in [0.29, 0.717) is 36.0 Å². The average Bonchev–Trinajstić information content (AvgIpc) is 2.96. The molecule has 4 rings (SSSR count). The van der Waals surface area contributed by atoms with Gasteiger partial charge < -0.3 is 5.32 Å². The van der Waals surface area contributed by atoms with Gasteiger partial charge in [0.05, 0.1) is 29.8 Å². The maximum Gasteiger partial charge on any atom is 0.253 e. The number of fused-ring (bicyclic) bond motifs is 1. The van der Waals surface area contributed by atoms with Crippen LogP contribution >= 0.6 is 11.3 Å². The monoisotopic (exact) mass is 337 g/mol. The van der Waals surface area contributed by atoms with E-state index in [-0.39, 0.29) is 5.91 Å². The number of nitriles is 1. The highest BCUT2D eigenvalue weighted by molar-refractivity contribution is 7.09. The van der Waals surface area contributed by atoms with Gasteiger partial charge in [-0.1, -0.05) is 6.07 Å². The molecule has 1 aliphatic carbocycles. The molecule has 1 amide bonds. The van der Waals surface area contributed by atoms with Crippen molar-refractivity contribution in [2.75, 3.05) is 0 Å². The molecule has 0 radical (unpaired) electrons. The molecule has 3 aromatic heterocycles. The molecule has 24 heavy (non-hydrogen) atoms. The third-order valence-corrected chi connectivity index (χ3v) is 5.05. The van der Waals surface area contributed by atoms with E-state index in [0.717, 1.165) is 5.69 Å². The molecular formula is C17H15N5OS. The Hall–Kier alpha value is -2.72. The number of aromatic nitrogens is 3. The first-order chi connectivity index (χ1) is 11.6. The van der Waals surface area contributed by atoms with Crippen LogP contribution in [0.25, 0.3) is 11.0 Å². The Kier molecular flexibility index (Phi) is 3.36. The van der Waals surface area contributed by atoms with Gasteiger partial charge in [-0.05, 0) is 37.3 Å². The third kappa shape index (κ3) is 2.55. The van der Waals surface area contributed by atoms with E-state index in [1.165, 1.54) is 4.88 Å². The first-order valence-corrected chi connectivity index (χ1v) is 8.57. The Bertz CT molecular complexity index is 963. The van der Waals surface area contributed by atoms with E-state index in [4.69, 9.17) is 0 Å². The van der Waals surface area contributed by atoms with Crippen LogP contribution in [0.5, 0.6) is 0 Å². The molecule has 0 bridgehead atoms. The number of pyridine rings is 1. The molecule has 1 fully saturated rings. The number of nitrogens with one attached hydrogen (secondary N) is 1. The molecule has 120 valence electrons. The zero-order valence-corrected chi connectivity index (χ0v) is 13.9. The van der Waals surface area contributed by atoms with Crippen molar-refractivity contribution in [3.8, 4) is 6.07 Å². The van der Waals surface area contributed by atoms with E-state index in [1.54, 1.807) is 23.6 Å². The summed E-state index contributed by atoms with van der Waals surface area (Å²) in [6.45, 7) is 2.48. The second-order valence-electron chi connectivity index (χ2n) is 6.08. The van der Waals surface area contributed by atoms with Crippen molar-refractivity contribution in [2.24, 2.45) is 0 Å². The summed E-state index contributed by atoms with van der Waals surface area (Å²) in [4.78, 5) is 18.4.